The highest BCUT2D eigenvalue weighted by Gasteiger charge is 2.30. The minimum Gasteiger partial charge on any atom is -0.494 e. The molecule has 13 heteroatoms. The number of nitrogens with two attached hydrogens (primary N) is 1. The third-order valence-corrected chi connectivity index (χ3v) is 6.50. The summed E-state index contributed by atoms with van der Waals surface area (Å²) >= 11 is 0. The van der Waals surface area contributed by atoms with E-state index in [9.17, 15) is 19.5 Å². The van der Waals surface area contributed by atoms with Gasteiger partial charge in [0.15, 0.2) is 11.7 Å². The summed E-state index contributed by atoms with van der Waals surface area (Å²) < 4.78 is 22.8. The predicted octanol–water partition coefficient (Wildman–Crippen LogP) is 1.83. The van der Waals surface area contributed by atoms with E-state index in [1.807, 2.05) is 0 Å². The number of nitrogens with zero attached hydrogens (tertiary/aromatic N) is 2. The first-order chi connectivity index (χ1) is 19.2. The van der Waals surface area contributed by atoms with E-state index in [2.05, 4.69) is 20.9 Å². The average molecular weight is 554 g/mol. The number of pyridine rings is 2. The van der Waals surface area contributed by atoms with Gasteiger partial charge in [-0.2, -0.15) is 0 Å². The molecule has 1 saturated carbocycles. The Bertz CT molecular complexity index is 1500. The maximum atomic E-state index is 15.5. The number of halogens is 1. The van der Waals surface area contributed by atoms with Crippen molar-refractivity contribution in [1.82, 2.24) is 25.5 Å². The number of carbonyl (C=O) groups is 2. The number of aromatic carboxylic acids is 1. The fraction of sp³-hybridized carbons (Fsp3) is 0.370. The van der Waals surface area contributed by atoms with Crippen molar-refractivity contribution in [2.75, 3.05) is 33.3 Å². The number of guanidine groups is 1. The lowest BCUT2D eigenvalue weighted by molar-refractivity contribution is 0.0694. The summed E-state index contributed by atoms with van der Waals surface area (Å²) in [7, 11) is 1.34. The molecule has 3 aromatic rings. The number of carboxylic acids is 1. The molecule has 0 aliphatic heterocycles. The lowest BCUT2D eigenvalue weighted by Crippen LogP contribution is -2.33. The molecule has 1 fully saturated rings. The number of hydrogen-bond acceptors (Lipinski definition) is 7. The summed E-state index contributed by atoms with van der Waals surface area (Å²) in [5.41, 5.74) is 4.48. The van der Waals surface area contributed by atoms with E-state index in [-0.39, 0.29) is 45.6 Å². The van der Waals surface area contributed by atoms with Gasteiger partial charge in [0, 0.05) is 25.3 Å². The number of hydrogen-bond donors (Lipinski definition) is 6. The van der Waals surface area contributed by atoms with Gasteiger partial charge >= 0.3 is 5.97 Å². The second-order valence-electron chi connectivity index (χ2n) is 9.44. The van der Waals surface area contributed by atoms with Crippen LogP contribution in [0, 0.1) is 11.2 Å². The van der Waals surface area contributed by atoms with Crippen molar-refractivity contribution in [2.45, 2.75) is 31.7 Å². The second kappa shape index (κ2) is 12.6. The molecule has 2 heterocycles. The maximum Gasteiger partial charge on any atom is 0.341 e. The average Bonchev–Trinajstić information content (AvgIpc) is 3.77. The molecule has 0 saturated heterocycles. The Kier molecular flexibility index (Phi) is 8.94. The van der Waals surface area contributed by atoms with E-state index in [1.165, 1.54) is 19.4 Å². The maximum absolute atomic E-state index is 15.5. The van der Waals surface area contributed by atoms with Crippen LogP contribution in [0.3, 0.4) is 0 Å². The SMILES string of the molecule is COc1c(-c2cccc(C(=O)NCCCNCCCNC(=N)N)n2)c(F)cc2c(=O)c(C(=O)O)cn(C3CC3)c12. The third-order valence-electron chi connectivity index (χ3n) is 6.50. The van der Waals surface area contributed by atoms with Crippen molar-refractivity contribution in [2.24, 2.45) is 5.73 Å². The Labute approximate surface area is 229 Å². The van der Waals surface area contributed by atoms with Gasteiger partial charge in [0.25, 0.3) is 5.91 Å². The van der Waals surface area contributed by atoms with Crippen LogP contribution in [0.15, 0.2) is 35.3 Å². The van der Waals surface area contributed by atoms with Crippen molar-refractivity contribution in [1.29, 1.82) is 5.41 Å². The summed E-state index contributed by atoms with van der Waals surface area (Å²) in [5, 5.41) is 25.3. The van der Waals surface area contributed by atoms with Crippen molar-refractivity contribution < 1.29 is 23.8 Å². The highest BCUT2D eigenvalue weighted by molar-refractivity contribution is 5.98. The fourth-order valence-electron chi connectivity index (χ4n) is 4.45. The molecule has 2 aromatic heterocycles. The van der Waals surface area contributed by atoms with E-state index < -0.39 is 28.7 Å². The highest BCUT2D eigenvalue weighted by Crippen LogP contribution is 2.43. The van der Waals surface area contributed by atoms with Crippen LogP contribution in [0.1, 0.15) is 52.6 Å². The summed E-state index contributed by atoms with van der Waals surface area (Å²) in [6.45, 7) is 2.42. The van der Waals surface area contributed by atoms with Gasteiger partial charge in [-0.25, -0.2) is 14.2 Å². The molecule has 40 heavy (non-hydrogen) atoms. The van der Waals surface area contributed by atoms with Crippen molar-refractivity contribution in [3.05, 3.63) is 57.8 Å². The molecule has 1 aliphatic carbocycles. The zero-order chi connectivity index (χ0) is 28.8. The van der Waals surface area contributed by atoms with Crippen LogP contribution in [0.5, 0.6) is 5.75 Å². The van der Waals surface area contributed by atoms with Crippen LogP contribution in [0.25, 0.3) is 22.2 Å². The first kappa shape index (κ1) is 28.5. The van der Waals surface area contributed by atoms with Crippen LogP contribution in [-0.2, 0) is 0 Å². The van der Waals surface area contributed by atoms with Gasteiger partial charge < -0.3 is 36.1 Å². The van der Waals surface area contributed by atoms with E-state index in [0.717, 1.165) is 31.9 Å². The minimum absolute atomic E-state index is 0.0232. The van der Waals surface area contributed by atoms with Crippen LogP contribution < -0.4 is 31.8 Å². The quantitative estimate of drug-likeness (QED) is 0.104. The van der Waals surface area contributed by atoms with Crippen LogP contribution >= 0.6 is 0 Å². The number of aromatic nitrogens is 2. The van der Waals surface area contributed by atoms with Gasteiger partial charge in [-0.05, 0) is 57.0 Å². The second-order valence-corrected chi connectivity index (χ2v) is 9.44. The van der Waals surface area contributed by atoms with Crippen LogP contribution in [0.4, 0.5) is 4.39 Å². The standard InChI is InChI=1S/C27H32FN7O5/c1-40-24-21(18(28)13-16-22(24)35(15-7-8-15)14-17(23(16)36)26(38)39)19-5-2-6-20(34-19)25(37)32-11-3-9-31-10-4-12-33-27(29)30/h2,5-6,13-15,31H,3-4,7-12H2,1H3,(H,32,37)(H,38,39)(H4,29,30,33). The topological polar surface area (TPSA) is 184 Å². The molecule has 1 aromatic carbocycles. The van der Waals surface area contributed by atoms with Crippen molar-refractivity contribution in [3.8, 4) is 17.0 Å². The van der Waals surface area contributed by atoms with E-state index in [4.69, 9.17) is 15.9 Å². The van der Waals surface area contributed by atoms with Gasteiger partial charge in [0.1, 0.15) is 17.1 Å². The normalized spacial score (nSPS) is 12.8. The molecule has 0 unspecified atom stereocenters. The number of amides is 1. The molecule has 0 bridgehead atoms. The highest BCUT2D eigenvalue weighted by atomic mass is 19.1. The Hall–Kier alpha value is -4.52. The Morgan fingerprint density at radius 3 is 2.52 bits per heavy atom. The predicted molar refractivity (Wildman–Crippen MR) is 148 cm³/mol. The smallest absolute Gasteiger partial charge is 0.341 e. The number of benzene rings is 1. The van der Waals surface area contributed by atoms with Gasteiger partial charge in [-0.3, -0.25) is 15.0 Å². The number of carboxylic acid groups (broad SMARTS) is 1. The molecule has 0 spiro atoms. The van der Waals surface area contributed by atoms with Gasteiger partial charge in [-0.15, -0.1) is 0 Å². The number of fused-ring (bicyclic) bond motifs is 1. The van der Waals surface area contributed by atoms with Gasteiger partial charge in [0.2, 0.25) is 5.43 Å². The molecular weight excluding hydrogens is 521 g/mol. The van der Waals surface area contributed by atoms with E-state index >= 15 is 4.39 Å². The van der Waals surface area contributed by atoms with E-state index in [0.29, 0.717) is 26.1 Å². The van der Waals surface area contributed by atoms with Crippen molar-refractivity contribution in [3.63, 3.8) is 0 Å². The molecule has 7 N–H and O–H groups in total. The monoisotopic (exact) mass is 553 g/mol. The largest absolute Gasteiger partial charge is 0.494 e. The molecule has 12 nitrogen and oxygen atoms in total. The third kappa shape index (κ3) is 6.37. The summed E-state index contributed by atoms with van der Waals surface area (Å²) in [6, 6.07) is 5.62. The van der Waals surface area contributed by atoms with Gasteiger partial charge in [0.05, 0.1) is 29.3 Å². The summed E-state index contributed by atoms with van der Waals surface area (Å²) in [6.07, 6.45) is 4.33. The number of ether oxygens (including phenoxy) is 1. The summed E-state index contributed by atoms with van der Waals surface area (Å²) in [4.78, 5) is 41.7. The molecule has 1 amide bonds. The molecule has 4 rings (SSSR count). The molecular formula is C27H32FN7O5. The molecule has 1 aliphatic rings. The first-order valence-corrected chi connectivity index (χ1v) is 13.0. The van der Waals surface area contributed by atoms with E-state index in [1.54, 1.807) is 16.7 Å². The van der Waals surface area contributed by atoms with Gasteiger partial charge in [-0.1, -0.05) is 6.07 Å². The molecule has 0 atom stereocenters. The number of rotatable bonds is 13. The zero-order valence-electron chi connectivity index (χ0n) is 22.1. The lowest BCUT2D eigenvalue weighted by Gasteiger charge is -2.18. The number of methoxy groups -OCH3 is 1. The Morgan fingerprint density at radius 2 is 1.90 bits per heavy atom. The Balaban J connectivity index is 1.53. The lowest BCUT2D eigenvalue weighted by atomic mass is 10.0. The van der Waals surface area contributed by atoms with Crippen molar-refractivity contribution >= 4 is 28.7 Å². The van der Waals surface area contributed by atoms with Crippen LogP contribution in [-0.4, -0.2) is 65.8 Å². The first-order valence-electron chi connectivity index (χ1n) is 13.0. The number of carbonyl (C=O) groups excluding carboxylic acids is 1. The minimum atomic E-state index is -1.39. The Morgan fingerprint density at radius 1 is 1.20 bits per heavy atom. The zero-order valence-corrected chi connectivity index (χ0v) is 22.1. The molecule has 0 radical (unpaired) electrons. The van der Waals surface area contributed by atoms with Crippen LogP contribution in [0.2, 0.25) is 0 Å². The fourth-order valence-corrected chi connectivity index (χ4v) is 4.45. The molecule has 212 valence electrons. The number of nitrogens with one attached hydrogen (secondary N) is 4. The summed E-state index contributed by atoms with van der Waals surface area (Å²) in [5.74, 6) is -2.64.